The van der Waals surface area contributed by atoms with Crippen LogP contribution in [0.4, 0.5) is 0 Å². The summed E-state index contributed by atoms with van der Waals surface area (Å²) in [5, 5.41) is 18.8. The van der Waals surface area contributed by atoms with Gasteiger partial charge in [0, 0.05) is 13.2 Å². The van der Waals surface area contributed by atoms with Crippen LogP contribution in [0, 0.1) is 0 Å². The van der Waals surface area contributed by atoms with Crippen LogP contribution in [0.3, 0.4) is 0 Å². The molecule has 0 aliphatic rings. The smallest absolute Gasteiger partial charge is 0.320 e. The highest BCUT2D eigenvalue weighted by atomic mass is 16.5. The fourth-order valence-corrected chi connectivity index (χ4v) is 7.86. The molecule has 0 rings (SSSR count). The van der Waals surface area contributed by atoms with Crippen molar-refractivity contribution in [3.05, 3.63) is 5.76 Å². The fraction of sp³-hybridized carbons (Fsp3) is 0.920. The zero-order chi connectivity index (χ0) is 43.1. The average Bonchev–Trinajstić information content (AvgIpc) is 3.22. The zero-order valence-electron chi connectivity index (χ0n) is 38.9. The van der Waals surface area contributed by atoms with Gasteiger partial charge in [-0.05, 0) is 45.2 Å². The quantitative estimate of drug-likeness (QED) is 0.0267. The number of carboxylic acid groups (broad SMARTS) is 1. The minimum absolute atomic E-state index is 0.0579. The van der Waals surface area contributed by atoms with E-state index in [9.17, 15) is 24.6 Å². The van der Waals surface area contributed by atoms with E-state index >= 15 is 0 Å². The molecule has 0 unspecified atom stereocenters. The molecule has 0 amide bonds. The average molecular weight is 837 g/mol. The summed E-state index contributed by atoms with van der Waals surface area (Å²) in [4.78, 5) is 39.6. The number of esters is 1. The van der Waals surface area contributed by atoms with Crippen molar-refractivity contribution in [2.24, 2.45) is 0 Å². The van der Waals surface area contributed by atoms with Crippen LogP contribution in [0.2, 0.25) is 0 Å². The lowest BCUT2D eigenvalue weighted by Gasteiger charge is -2.25. The van der Waals surface area contributed by atoms with E-state index in [0.717, 1.165) is 38.5 Å². The van der Waals surface area contributed by atoms with E-state index < -0.39 is 5.97 Å². The molecular weight excluding hydrogens is 741 g/mol. The van der Waals surface area contributed by atoms with Crippen LogP contribution in [0.25, 0.3) is 0 Å². The largest absolute Gasteiger partial charge is 0.485 e. The Bertz CT molecular complexity index is 958. The van der Waals surface area contributed by atoms with Gasteiger partial charge in [-0.15, -0.1) is 0 Å². The van der Waals surface area contributed by atoms with Gasteiger partial charge in [-0.1, -0.05) is 206 Å². The molecule has 2 N–H and O–H groups in total. The minimum Gasteiger partial charge on any atom is -0.485 e. The maximum absolute atomic E-state index is 12.6. The van der Waals surface area contributed by atoms with Gasteiger partial charge in [-0.3, -0.25) is 19.4 Å². The molecule has 0 aromatic rings. The second-order valence-electron chi connectivity index (χ2n) is 17.4. The van der Waals surface area contributed by atoms with Crippen molar-refractivity contribution in [2.75, 3.05) is 59.1 Å². The third kappa shape index (κ3) is 44.0. The summed E-state index contributed by atoms with van der Waals surface area (Å²) in [7, 11) is 0. The molecule has 0 aromatic carbocycles. The fourth-order valence-electron chi connectivity index (χ4n) is 7.86. The van der Waals surface area contributed by atoms with Crippen LogP contribution >= 0.6 is 0 Å². The van der Waals surface area contributed by atoms with E-state index in [2.05, 4.69) is 18.7 Å². The summed E-state index contributed by atoms with van der Waals surface area (Å²) in [6.07, 6.45) is 43.7. The van der Waals surface area contributed by atoms with Gasteiger partial charge in [0.2, 0.25) is 0 Å². The molecule has 0 spiro atoms. The van der Waals surface area contributed by atoms with E-state index in [1.54, 1.807) is 4.90 Å². The van der Waals surface area contributed by atoms with E-state index in [1.807, 2.05) is 5.94 Å². The third-order valence-corrected chi connectivity index (χ3v) is 11.6. The molecule has 0 aromatic heterocycles. The number of carboxylic acids is 1. The van der Waals surface area contributed by atoms with Crippen molar-refractivity contribution >= 4 is 17.9 Å². The SMILES string of the molecule is CCCCCCCCCCCCCCCCCCCCCCCOC(=O)CN(CCCN(CCCCO)CC(=C=O)OCCCCCCCCCCCCC)CC(=O)O. The molecule has 0 saturated heterocycles. The Morgan fingerprint density at radius 2 is 0.780 bits per heavy atom. The number of rotatable bonds is 49. The summed E-state index contributed by atoms with van der Waals surface area (Å²) >= 11 is 0. The number of aliphatic hydroxyl groups excluding tert-OH is 1. The van der Waals surface area contributed by atoms with Crippen molar-refractivity contribution in [1.29, 1.82) is 0 Å². The third-order valence-electron chi connectivity index (χ3n) is 11.6. The minimum atomic E-state index is -0.982. The highest BCUT2D eigenvalue weighted by Crippen LogP contribution is 2.16. The number of hydrogen-bond donors (Lipinski definition) is 2. The van der Waals surface area contributed by atoms with E-state index in [-0.39, 0.29) is 31.4 Å². The van der Waals surface area contributed by atoms with Gasteiger partial charge in [0.25, 0.3) is 0 Å². The Morgan fingerprint density at radius 1 is 0.424 bits per heavy atom. The van der Waals surface area contributed by atoms with Gasteiger partial charge in [0.05, 0.1) is 32.8 Å². The number of unbranched alkanes of at least 4 members (excludes halogenated alkanes) is 31. The first-order valence-electron chi connectivity index (χ1n) is 25.3. The second kappa shape index (κ2) is 47.1. The first kappa shape index (κ1) is 57.1. The number of aliphatic hydroxyl groups is 1. The lowest BCUT2D eigenvalue weighted by molar-refractivity contribution is -0.146. The number of nitrogens with zero attached hydrogens (tertiary/aromatic N) is 2. The number of carbonyl (C=O) groups excluding carboxylic acids is 2. The standard InChI is InChI=1S/C50H96N2O7/c1-3-5-7-9-11-13-15-16-17-18-19-20-21-22-23-24-26-28-30-32-36-43-59-50(57)46-52(45-49(55)56)40-37-39-51(38-33-34-41-53)44-48(47-54)58-42-35-31-29-27-25-14-12-10-8-6-4-2/h53H,3-46H2,1-2H3,(H,55,56). The van der Waals surface area contributed by atoms with Crippen molar-refractivity contribution in [3.63, 3.8) is 0 Å². The Morgan fingerprint density at radius 3 is 1.15 bits per heavy atom. The van der Waals surface area contributed by atoms with Crippen LogP contribution in [0.1, 0.15) is 239 Å². The Hall–Kier alpha value is -1.93. The van der Waals surface area contributed by atoms with E-state index in [0.29, 0.717) is 52.2 Å². The number of hydrogen-bond acceptors (Lipinski definition) is 8. The predicted molar refractivity (Wildman–Crippen MR) is 247 cm³/mol. The van der Waals surface area contributed by atoms with Crippen molar-refractivity contribution in [3.8, 4) is 0 Å². The summed E-state index contributed by atoms with van der Waals surface area (Å²) in [6, 6.07) is 0. The first-order valence-corrected chi connectivity index (χ1v) is 25.3. The first-order chi connectivity index (χ1) is 29.0. The van der Waals surface area contributed by atoms with Gasteiger partial charge < -0.3 is 19.7 Å². The second-order valence-corrected chi connectivity index (χ2v) is 17.4. The topological polar surface area (TPSA) is 117 Å². The van der Waals surface area contributed by atoms with Gasteiger partial charge in [-0.25, -0.2) is 4.79 Å². The molecule has 0 saturated carbocycles. The number of carbonyl (C=O) groups is 2. The molecule has 0 aliphatic heterocycles. The molecule has 0 heterocycles. The monoisotopic (exact) mass is 837 g/mol. The summed E-state index contributed by atoms with van der Waals surface area (Å²) in [5.41, 5.74) is 0. The molecule has 0 aliphatic carbocycles. The molecule has 348 valence electrons. The van der Waals surface area contributed by atoms with Crippen molar-refractivity contribution in [2.45, 2.75) is 239 Å². The van der Waals surface area contributed by atoms with Crippen LogP contribution in [0.15, 0.2) is 5.76 Å². The summed E-state index contributed by atoms with van der Waals surface area (Å²) in [6.45, 7) is 7.23. The lowest BCUT2D eigenvalue weighted by atomic mass is 10.0. The summed E-state index contributed by atoms with van der Waals surface area (Å²) in [5.74, 6) is 0.894. The van der Waals surface area contributed by atoms with Crippen LogP contribution in [-0.2, 0) is 23.9 Å². The lowest BCUT2D eigenvalue weighted by Crippen LogP contribution is -2.38. The molecular formula is C50H96N2O7. The molecule has 0 fully saturated rings. The maximum Gasteiger partial charge on any atom is 0.320 e. The molecule has 0 atom stereocenters. The van der Waals surface area contributed by atoms with Crippen LogP contribution < -0.4 is 0 Å². The van der Waals surface area contributed by atoms with Crippen LogP contribution in [0.5, 0.6) is 0 Å². The predicted octanol–water partition coefficient (Wildman–Crippen LogP) is 12.6. The number of aliphatic carboxylic acids is 1. The van der Waals surface area contributed by atoms with Crippen molar-refractivity contribution < 1.29 is 34.1 Å². The molecule has 0 radical (unpaired) electrons. The zero-order valence-corrected chi connectivity index (χ0v) is 38.9. The molecule has 0 bridgehead atoms. The van der Waals surface area contributed by atoms with E-state index in [4.69, 9.17) is 9.47 Å². The van der Waals surface area contributed by atoms with Crippen LogP contribution in [-0.4, -0.2) is 97.0 Å². The molecule has 9 nitrogen and oxygen atoms in total. The highest BCUT2D eigenvalue weighted by Gasteiger charge is 2.17. The van der Waals surface area contributed by atoms with Gasteiger partial charge in [-0.2, -0.15) is 0 Å². The molecule has 9 heteroatoms. The van der Waals surface area contributed by atoms with E-state index in [1.165, 1.54) is 173 Å². The summed E-state index contributed by atoms with van der Waals surface area (Å²) < 4.78 is 11.3. The highest BCUT2D eigenvalue weighted by molar-refractivity contribution is 5.74. The van der Waals surface area contributed by atoms with Gasteiger partial charge in [0.15, 0.2) is 11.7 Å². The molecule has 59 heavy (non-hydrogen) atoms. The Labute approximate surface area is 364 Å². The van der Waals surface area contributed by atoms with Gasteiger partial charge >= 0.3 is 11.9 Å². The maximum atomic E-state index is 12.6. The van der Waals surface area contributed by atoms with Gasteiger partial charge in [0.1, 0.15) is 0 Å². The van der Waals surface area contributed by atoms with Crippen molar-refractivity contribution in [1.82, 2.24) is 9.80 Å². The Kier molecular flexibility index (Phi) is 45.6. The number of ether oxygens (including phenoxy) is 2. The normalized spacial score (nSPS) is 11.4. The Balaban J connectivity index is 4.10.